The van der Waals surface area contributed by atoms with Crippen molar-refractivity contribution in [2.45, 2.75) is 70.8 Å². The predicted octanol–water partition coefficient (Wildman–Crippen LogP) is 3.67. The molecule has 19 heavy (non-hydrogen) atoms. The average molecular weight is 266 g/mol. The molecule has 1 aliphatic carbocycles. The van der Waals surface area contributed by atoms with E-state index in [1.54, 1.807) is 0 Å². The van der Waals surface area contributed by atoms with Crippen molar-refractivity contribution in [1.29, 1.82) is 0 Å². The van der Waals surface area contributed by atoms with Crippen LogP contribution in [0.2, 0.25) is 0 Å². The summed E-state index contributed by atoms with van der Waals surface area (Å²) in [6.45, 7) is 6.15. The van der Waals surface area contributed by atoms with Gasteiger partial charge in [-0.05, 0) is 64.1 Å². The normalized spacial score (nSPS) is 30.5. The molecular weight excluding hydrogens is 232 g/mol. The summed E-state index contributed by atoms with van der Waals surface area (Å²) in [5, 5.41) is 3.48. The van der Waals surface area contributed by atoms with E-state index in [1.807, 2.05) is 0 Å². The van der Waals surface area contributed by atoms with Crippen molar-refractivity contribution in [2.24, 2.45) is 11.8 Å². The number of nitrogens with one attached hydrogen (secondary N) is 1. The first-order valence-corrected chi connectivity index (χ1v) is 8.70. The quantitative estimate of drug-likeness (QED) is 0.764. The summed E-state index contributed by atoms with van der Waals surface area (Å²) in [6.07, 6.45) is 12.9. The molecule has 1 saturated heterocycles. The number of hydrogen-bond acceptors (Lipinski definition) is 2. The van der Waals surface area contributed by atoms with Crippen LogP contribution in [0.15, 0.2) is 0 Å². The zero-order valence-corrected chi connectivity index (χ0v) is 13.2. The number of rotatable bonds is 5. The SMILES string of the molecule is CCCC1CCCC(N(C)CC2CCNCC2)CC1. The number of piperidine rings is 1. The standard InChI is InChI=1S/C17H34N2/c1-3-5-15-6-4-7-17(9-8-15)19(2)14-16-10-12-18-13-11-16/h15-18H,3-14H2,1-2H3. The van der Waals surface area contributed by atoms with Gasteiger partial charge in [-0.3, -0.25) is 0 Å². The second-order valence-corrected chi connectivity index (χ2v) is 6.95. The highest BCUT2D eigenvalue weighted by atomic mass is 15.1. The third-order valence-corrected chi connectivity index (χ3v) is 5.38. The van der Waals surface area contributed by atoms with Gasteiger partial charge in [0, 0.05) is 12.6 Å². The fourth-order valence-electron chi connectivity index (χ4n) is 4.12. The first-order chi connectivity index (χ1) is 9.29. The molecule has 1 heterocycles. The molecule has 2 rings (SSSR count). The summed E-state index contributed by atoms with van der Waals surface area (Å²) in [5.41, 5.74) is 0. The molecule has 112 valence electrons. The van der Waals surface area contributed by atoms with E-state index in [1.165, 1.54) is 77.4 Å². The Morgan fingerprint density at radius 1 is 0.947 bits per heavy atom. The first-order valence-electron chi connectivity index (χ1n) is 8.70. The van der Waals surface area contributed by atoms with Gasteiger partial charge < -0.3 is 10.2 Å². The van der Waals surface area contributed by atoms with Gasteiger partial charge >= 0.3 is 0 Å². The fourth-order valence-corrected chi connectivity index (χ4v) is 4.12. The Bertz CT molecular complexity index is 235. The van der Waals surface area contributed by atoms with Crippen molar-refractivity contribution in [3.63, 3.8) is 0 Å². The van der Waals surface area contributed by atoms with E-state index in [0.717, 1.165) is 17.9 Å². The molecule has 0 radical (unpaired) electrons. The van der Waals surface area contributed by atoms with E-state index < -0.39 is 0 Å². The van der Waals surface area contributed by atoms with E-state index in [4.69, 9.17) is 0 Å². The van der Waals surface area contributed by atoms with Crippen molar-refractivity contribution < 1.29 is 0 Å². The van der Waals surface area contributed by atoms with E-state index in [9.17, 15) is 0 Å². The van der Waals surface area contributed by atoms with Crippen LogP contribution in [-0.4, -0.2) is 37.6 Å². The van der Waals surface area contributed by atoms with E-state index in [-0.39, 0.29) is 0 Å². The van der Waals surface area contributed by atoms with Crippen LogP contribution in [0.5, 0.6) is 0 Å². The van der Waals surface area contributed by atoms with E-state index in [2.05, 4.69) is 24.2 Å². The molecule has 1 N–H and O–H groups in total. The minimum Gasteiger partial charge on any atom is -0.317 e. The second kappa shape index (κ2) is 8.26. The molecule has 1 saturated carbocycles. The third-order valence-electron chi connectivity index (χ3n) is 5.38. The lowest BCUT2D eigenvalue weighted by molar-refractivity contribution is 0.171. The molecule has 0 aromatic heterocycles. The van der Waals surface area contributed by atoms with Gasteiger partial charge in [-0.15, -0.1) is 0 Å². The zero-order chi connectivity index (χ0) is 13.5. The van der Waals surface area contributed by atoms with Gasteiger partial charge in [0.15, 0.2) is 0 Å². The van der Waals surface area contributed by atoms with Crippen molar-refractivity contribution in [2.75, 3.05) is 26.7 Å². The van der Waals surface area contributed by atoms with Crippen LogP contribution < -0.4 is 5.32 Å². The Kier molecular flexibility index (Phi) is 6.66. The Hall–Kier alpha value is -0.0800. The smallest absolute Gasteiger partial charge is 0.00924 e. The zero-order valence-electron chi connectivity index (χ0n) is 13.2. The summed E-state index contributed by atoms with van der Waals surface area (Å²) in [5.74, 6) is 1.98. The summed E-state index contributed by atoms with van der Waals surface area (Å²) >= 11 is 0. The maximum atomic E-state index is 3.48. The average Bonchev–Trinajstić information content (AvgIpc) is 2.66. The predicted molar refractivity (Wildman–Crippen MR) is 83.5 cm³/mol. The van der Waals surface area contributed by atoms with Crippen molar-refractivity contribution in [1.82, 2.24) is 10.2 Å². The van der Waals surface area contributed by atoms with Gasteiger partial charge in [-0.2, -0.15) is 0 Å². The largest absolute Gasteiger partial charge is 0.317 e. The minimum absolute atomic E-state index is 0.872. The van der Waals surface area contributed by atoms with Crippen molar-refractivity contribution in [3.8, 4) is 0 Å². The maximum Gasteiger partial charge on any atom is 0.00924 e. The molecular formula is C17H34N2. The number of hydrogen-bond donors (Lipinski definition) is 1. The molecule has 0 aromatic carbocycles. The summed E-state index contributed by atoms with van der Waals surface area (Å²) < 4.78 is 0. The van der Waals surface area contributed by atoms with Crippen LogP contribution in [-0.2, 0) is 0 Å². The van der Waals surface area contributed by atoms with E-state index >= 15 is 0 Å². The molecule has 2 heteroatoms. The van der Waals surface area contributed by atoms with Crippen LogP contribution in [0.4, 0.5) is 0 Å². The Morgan fingerprint density at radius 2 is 1.74 bits per heavy atom. The lowest BCUT2D eigenvalue weighted by Gasteiger charge is -2.32. The van der Waals surface area contributed by atoms with Crippen LogP contribution in [0.3, 0.4) is 0 Å². The molecule has 0 spiro atoms. The highest BCUT2D eigenvalue weighted by Crippen LogP contribution is 2.29. The van der Waals surface area contributed by atoms with Crippen LogP contribution >= 0.6 is 0 Å². The lowest BCUT2D eigenvalue weighted by Crippen LogP contribution is -2.39. The van der Waals surface area contributed by atoms with Gasteiger partial charge in [-0.1, -0.05) is 32.6 Å². The van der Waals surface area contributed by atoms with Gasteiger partial charge in [0.1, 0.15) is 0 Å². The highest BCUT2D eigenvalue weighted by molar-refractivity contribution is 4.79. The molecule has 0 bridgehead atoms. The van der Waals surface area contributed by atoms with Gasteiger partial charge in [0.25, 0.3) is 0 Å². The second-order valence-electron chi connectivity index (χ2n) is 6.95. The molecule has 0 amide bonds. The Labute approximate surface area is 120 Å². The Morgan fingerprint density at radius 3 is 2.47 bits per heavy atom. The minimum atomic E-state index is 0.872. The monoisotopic (exact) mass is 266 g/mol. The summed E-state index contributed by atoms with van der Waals surface area (Å²) in [7, 11) is 2.38. The lowest BCUT2D eigenvalue weighted by atomic mass is 9.94. The van der Waals surface area contributed by atoms with E-state index in [0.29, 0.717) is 0 Å². The molecule has 2 unspecified atom stereocenters. The topological polar surface area (TPSA) is 15.3 Å². The summed E-state index contributed by atoms with van der Waals surface area (Å²) in [4.78, 5) is 2.70. The molecule has 2 fully saturated rings. The third kappa shape index (κ3) is 5.07. The molecule has 2 atom stereocenters. The van der Waals surface area contributed by atoms with Crippen LogP contribution in [0.25, 0.3) is 0 Å². The van der Waals surface area contributed by atoms with Crippen LogP contribution in [0, 0.1) is 11.8 Å². The van der Waals surface area contributed by atoms with Crippen LogP contribution in [0.1, 0.15) is 64.7 Å². The molecule has 1 aliphatic heterocycles. The molecule has 2 nitrogen and oxygen atoms in total. The Balaban J connectivity index is 1.73. The molecule has 2 aliphatic rings. The van der Waals surface area contributed by atoms with Gasteiger partial charge in [-0.25, -0.2) is 0 Å². The van der Waals surface area contributed by atoms with Crippen molar-refractivity contribution in [3.05, 3.63) is 0 Å². The fraction of sp³-hybridized carbons (Fsp3) is 1.00. The van der Waals surface area contributed by atoms with Gasteiger partial charge in [0.2, 0.25) is 0 Å². The van der Waals surface area contributed by atoms with Gasteiger partial charge in [0.05, 0.1) is 0 Å². The molecule has 0 aromatic rings. The number of nitrogens with zero attached hydrogens (tertiary/aromatic N) is 1. The maximum absolute atomic E-state index is 3.48. The first kappa shape index (κ1) is 15.3. The highest BCUT2D eigenvalue weighted by Gasteiger charge is 2.23. The summed E-state index contributed by atoms with van der Waals surface area (Å²) in [6, 6.07) is 0.872. The van der Waals surface area contributed by atoms with Crippen molar-refractivity contribution >= 4 is 0 Å².